The summed E-state index contributed by atoms with van der Waals surface area (Å²) >= 11 is 0. The van der Waals surface area contributed by atoms with Gasteiger partial charge in [0.2, 0.25) is 0 Å². The number of carbonyl (C=O) groups excluding carboxylic acids is 1. The molecule has 0 bridgehead atoms. The summed E-state index contributed by atoms with van der Waals surface area (Å²) in [5.74, 6) is -0.898. The molecule has 1 heterocycles. The lowest BCUT2D eigenvalue weighted by molar-refractivity contribution is -0.274. The molecule has 0 saturated heterocycles. The monoisotopic (exact) mass is 395 g/mol. The van der Waals surface area contributed by atoms with Crippen LogP contribution < -0.4 is 14.8 Å². The van der Waals surface area contributed by atoms with Gasteiger partial charge in [0.05, 0.1) is 0 Å². The predicted molar refractivity (Wildman–Crippen MR) is 90.3 cm³/mol. The summed E-state index contributed by atoms with van der Waals surface area (Å²) in [6, 6.07) is 11.6. The molecule has 0 aliphatic heterocycles. The molecule has 0 atom stereocenters. The standard InChI is InChI=1S/C18H13F4N3O3/c19-12-1-5-14(6-2-12)27-11-25-10-9-16(24-25)17(26)23-13-3-7-15(8-4-13)28-18(20,21)22/h1-10H,11H2,(H,23,26). The topological polar surface area (TPSA) is 65.4 Å². The predicted octanol–water partition coefficient (Wildman–Crippen LogP) is 4.21. The van der Waals surface area contributed by atoms with Crippen LogP contribution in [0, 0.1) is 5.82 Å². The Morgan fingerprint density at radius 3 is 2.29 bits per heavy atom. The van der Waals surface area contributed by atoms with E-state index >= 15 is 0 Å². The van der Waals surface area contributed by atoms with Crippen molar-refractivity contribution in [1.29, 1.82) is 0 Å². The smallest absolute Gasteiger partial charge is 0.471 e. The number of ether oxygens (including phenoxy) is 2. The molecule has 3 rings (SSSR count). The normalized spacial score (nSPS) is 11.1. The van der Waals surface area contributed by atoms with Crippen LogP contribution in [0.1, 0.15) is 10.5 Å². The molecule has 1 N–H and O–H groups in total. The molecule has 146 valence electrons. The number of rotatable bonds is 6. The fraction of sp³-hybridized carbons (Fsp3) is 0.111. The van der Waals surface area contributed by atoms with E-state index in [1.54, 1.807) is 0 Å². The maximum Gasteiger partial charge on any atom is 0.573 e. The van der Waals surface area contributed by atoms with Gasteiger partial charge in [-0.2, -0.15) is 5.10 Å². The van der Waals surface area contributed by atoms with Crippen molar-refractivity contribution < 1.29 is 31.8 Å². The maximum absolute atomic E-state index is 12.8. The van der Waals surface area contributed by atoms with E-state index in [1.165, 1.54) is 53.3 Å². The van der Waals surface area contributed by atoms with Gasteiger partial charge in [0.15, 0.2) is 12.4 Å². The van der Waals surface area contributed by atoms with Gasteiger partial charge >= 0.3 is 6.36 Å². The molecule has 0 aliphatic carbocycles. The largest absolute Gasteiger partial charge is 0.573 e. The lowest BCUT2D eigenvalue weighted by atomic mass is 10.3. The first-order chi connectivity index (χ1) is 13.3. The number of anilines is 1. The van der Waals surface area contributed by atoms with Crippen molar-refractivity contribution in [2.24, 2.45) is 0 Å². The molecule has 10 heteroatoms. The van der Waals surface area contributed by atoms with Crippen molar-refractivity contribution in [3.63, 3.8) is 0 Å². The van der Waals surface area contributed by atoms with Crippen molar-refractivity contribution in [1.82, 2.24) is 9.78 Å². The van der Waals surface area contributed by atoms with Crippen LogP contribution in [0.2, 0.25) is 0 Å². The number of nitrogens with zero attached hydrogens (tertiary/aromatic N) is 2. The Labute approximate surface area is 156 Å². The van der Waals surface area contributed by atoms with E-state index in [9.17, 15) is 22.4 Å². The summed E-state index contributed by atoms with van der Waals surface area (Å²) in [5.41, 5.74) is 0.356. The van der Waals surface area contributed by atoms with Crippen LogP contribution in [0.3, 0.4) is 0 Å². The third-order valence-electron chi connectivity index (χ3n) is 3.40. The third-order valence-corrected chi connectivity index (χ3v) is 3.40. The zero-order valence-corrected chi connectivity index (χ0v) is 14.1. The van der Waals surface area contributed by atoms with E-state index in [2.05, 4.69) is 15.2 Å². The Kier molecular flexibility index (Phi) is 5.48. The zero-order valence-electron chi connectivity index (χ0n) is 14.1. The minimum atomic E-state index is -4.78. The molecule has 0 spiro atoms. The molecule has 1 amide bonds. The van der Waals surface area contributed by atoms with Gasteiger partial charge in [-0.05, 0) is 54.6 Å². The van der Waals surface area contributed by atoms with Crippen molar-refractivity contribution in [2.45, 2.75) is 13.1 Å². The van der Waals surface area contributed by atoms with Crippen LogP contribution >= 0.6 is 0 Å². The molecular weight excluding hydrogens is 382 g/mol. The van der Waals surface area contributed by atoms with Crippen molar-refractivity contribution in [3.8, 4) is 11.5 Å². The number of amides is 1. The summed E-state index contributed by atoms with van der Waals surface area (Å²) in [5, 5.41) is 6.54. The summed E-state index contributed by atoms with van der Waals surface area (Å²) in [7, 11) is 0. The number of hydrogen-bond acceptors (Lipinski definition) is 4. The van der Waals surface area contributed by atoms with E-state index in [-0.39, 0.29) is 23.9 Å². The Bertz CT molecular complexity index is 938. The second kappa shape index (κ2) is 7.99. The fourth-order valence-electron chi connectivity index (χ4n) is 2.16. The van der Waals surface area contributed by atoms with E-state index in [1.807, 2.05) is 0 Å². The molecule has 0 radical (unpaired) electrons. The van der Waals surface area contributed by atoms with Gasteiger partial charge in [-0.15, -0.1) is 13.2 Å². The number of halogens is 4. The van der Waals surface area contributed by atoms with Crippen molar-refractivity contribution in [2.75, 3.05) is 5.32 Å². The maximum atomic E-state index is 12.8. The molecule has 3 aromatic rings. The lowest BCUT2D eigenvalue weighted by Gasteiger charge is -2.09. The van der Waals surface area contributed by atoms with Gasteiger partial charge < -0.3 is 14.8 Å². The molecule has 0 fully saturated rings. The summed E-state index contributed by atoms with van der Waals surface area (Å²) in [6.07, 6.45) is -3.27. The van der Waals surface area contributed by atoms with Crippen LogP contribution in [0.5, 0.6) is 11.5 Å². The Morgan fingerprint density at radius 2 is 1.64 bits per heavy atom. The van der Waals surface area contributed by atoms with Gasteiger partial charge in [0, 0.05) is 11.9 Å². The average molecular weight is 395 g/mol. The average Bonchev–Trinajstić information content (AvgIpc) is 3.11. The summed E-state index contributed by atoms with van der Waals surface area (Å²) in [4.78, 5) is 12.2. The molecule has 0 unspecified atom stereocenters. The second-order valence-electron chi connectivity index (χ2n) is 5.49. The van der Waals surface area contributed by atoms with Crippen molar-refractivity contribution >= 4 is 11.6 Å². The lowest BCUT2D eigenvalue weighted by Crippen LogP contribution is -2.17. The van der Waals surface area contributed by atoms with Crippen LogP contribution in [0.15, 0.2) is 60.8 Å². The minimum absolute atomic E-state index is 0.00237. The fourth-order valence-corrected chi connectivity index (χ4v) is 2.16. The van der Waals surface area contributed by atoms with Crippen LogP contribution in [-0.2, 0) is 6.73 Å². The zero-order chi connectivity index (χ0) is 20.1. The van der Waals surface area contributed by atoms with Crippen LogP contribution in [-0.4, -0.2) is 22.1 Å². The molecule has 28 heavy (non-hydrogen) atoms. The van der Waals surface area contributed by atoms with Gasteiger partial charge in [-0.25, -0.2) is 9.07 Å². The number of alkyl halides is 3. The molecule has 2 aromatic carbocycles. The van der Waals surface area contributed by atoms with E-state index in [0.717, 1.165) is 12.1 Å². The van der Waals surface area contributed by atoms with E-state index < -0.39 is 18.0 Å². The highest BCUT2D eigenvalue weighted by atomic mass is 19.4. The number of aromatic nitrogens is 2. The van der Waals surface area contributed by atoms with Gasteiger partial charge in [-0.3, -0.25) is 4.79 Å². The highest BCUT2D eigenvalue weighted by Crippen LogP contribution is 2.24. The molecule has 1 aromatic heterocycles. The van der Waals surface area contributed by atoms with E-state index in [4.69, 9.17) is 4.74 Å². The third kappa shape index (κ3) is 5.47. The molecule has 6 nitrogen and oxygen atoms in total. The van der Waals surface area contributed by atoms with Crippen LogP contribution in [0.4, 0.5) is 23.2 Å². The quantitative estimate of drug-likeness (QED) is 0.635. The Hall–Kier alpha value is -3.56. The molecular formula is C18H13F4N3O3. The SMILES string of the molecule is O=C(Nc1ccc(OC(F)(F)F)cc1)c1ccn(COc2ccc(F)cc2)n1. The summed E-state index contributed by atoms with van der Waals surface area (Å²) < 4.78 is 59.8. The second-order valence-corrected chi connectivity index (χ2v) is 5.49. The van der Waals surface area contributed by atoms with Crippen LogP contribution in [0.25, 0.3) is 0 Å². The number of benzene rings is 2. The van der Waals surface area contributed by atoms with Gasteiger partial charge in [0.1, 0.15) is 17.3 Å². The number of nitrogens with one attached hydrogen (secondary N) is 1. The van der Waals surface area contributed by atoms with E-state index in [0.29, 0.717) is 5.75 Å². The highest BCUT2D eigenvalue weighted by molar-refractivity contribution is 6.02. The highest BCUT2D eigenvalue weighted by Gasteiger charge is 2.30. The van der Waals surface area contributed by atoms with Gasteiger partial charge in [0.25, 0.3) is 5.91 Å². The van der Waals surface area contributed by atoms with Gasteiger partial charge in [-0.1, -0.05) is 0 Å². The summed E-state index contributed by atoms with van der Waals surface area (Å²) in [6.45, 7) is 0.00237. The first-order valence-electron chi connectivity index (χ1n) is 7.87. The van der Waals surface area contributed by atoms with Crippen molar-refractivity contribution in [3.05, 3.63) is 72.3 Å². The minimum Gasteiger partial charge on any atom is -0.471 e. The molecule has 0 saturated carbocycles. The number of hydrogen-bond donors (Lipinski definition) is 1. The number of carbonyl (C=O) groups is 1. The first kappa shape index (κ1) is 19.2. The Balaban J connectivity index is 1.55. The first-order valence-corrected chi connectivity index (χ1v) is 7.87. The Morgan fingerprint density at radius 1 is 1.00 bits per heavy atom. The molecule has 0 aliphatic rings.